The minimum absolute atomic E-state index is 0.0331. The van der Waals surface area contributed by atoms with Gasteiger partial charge in [0, 0.05) is 54.8 Å². The molecule has 0 N–H and O–H groups in total. The molecule has 0 bridgehead atoms. The number of likely N-dealkylation sites (tertiary alicyclic amines) is 1. The number of amides is 2. The summed E-state index contributed by atoms with van der Waals surface area (Å²) in [6, 6.07) is 5.46. The monoisotopic (exact) mass is 327 g/mol. The molecule has 1 atom stereocenters. The summed E-state index contributed by atoms with van der Waals surface area (Å²) >= 11 is 1.60. The third kappa shape index (κ3) is 2.53. The van der Waals surface area contributed by atoms with Crippen LogP contribution in [-0.4, -0.2) is 41.3 Å². The van der Waals surface area contributed by atoms with Gasteiger partial charge in [0.05, 0.1) is 5.69 Å². The van der Waals surface area contributed by atoms with Gasteiger partial charge >= 0.3 is 0 Å². The lowest BCUT2D eigenvalue weighted by molar-refractivity contribution is -0.117. The van der Waals surface area contributed by atoms with Gasteiger partial charge in [0.15, 0.2) is 0 Å². The van der Waals surface area contributed by atoms with Crippen molar-refractivity contribution in [2.75, 3.05) is 24.5 Å². The molecule has 0 unspecified atom stereocenters. The van der Waals surface area contributed by atoms with E-state index in [0.717, 1.165) is 12.1 Å². The number of carbonyl (C=O) groups excluding carboxylic acids is 2. The van der Waals surface area contributed by atoms with Crippen molar-refractivity contribution in [3.8, 4) is 0 Å². The molecule has 4 rings (SSSR count). The van der Waals surface area contributed by atoms with Crippen LogP contribution in [0.2, 0.25) is 0 Å². The predicted molar refractivity (Wildman–Crippen MR) is 88.5 cm³/mol. The Labute approximate surface area is 138 Å². The Morgan fingerprint density at radius 1 is 1.22 bits per heavy atom. The maximum absolute atomic E-state index is 12.6. The molecule has 4 heterocycles. The summed E-state index contributed by atoms with van der Waals surface area (Å²) in [5, 5.41) is 3.99. The van der Waals surface area contributed by atoms with Crippen molar-refractivity contribution < 1.29 is 9.59 Å². The highest BCUT2D eigenvalue weighted by atomic mass is 32.1. The van der Waals surface area contributed by atoms with Gasteiger partial charge in [0.25, 0.3) is 5.91 Å². The first kappa shape index (κ1) is 14.4. The van der Waals surface area contributed by atoms with E-state index in [-0.39, 0.29) is 17.2 Å². The van der Waals surface area contributed by atoms with Crippen LogP contribution in [-0.2, 0) is 4.79 Å². The summed E-state index contributed by atoms with van der Waals surface area (Å²) in [5.74, 6) is 0.201. The molecule has 2 aromatic heterocycles. The molecule has 2 saturated heterocycles. The van der Waals surface area contributed by atoms with E-state index in [1.54, 1.807) is 35.9 Å². The van der Waals surface area contributed by atoms with Crippen LogP contribution in [0.1, 0.15) is 23.2 Å². The molecule has 2 aliphatic rings. The Bertz CT molecular complexity index is 732. The molecule has 0 radical (unpaired) electrons. The average molecular weight is 327 g/mol. The Balaban J connectivity index is 1.50. The van der Waals surface area contributed by atoms with E-state index in [9.17, 15) is 9.59 Å². The SMILES string of the molecule is O=C(c1ccncc1)N1CC[C@]2(CC(=O)N(c3ccsc3)C2)C1. The molecule has 0 saturated carbocycles. The Morgan fingerprint density at radius 3 is 2.78 bits per heavy atom. The highest BCUT2D eigenvalue weighted by Gasteiger charge is 2.48. The van der Waals surface area contributed by atoms with Crippen molar-refractivity contribution >= 4 is 28.8 Å². The number of carbonyl (C=O) groups is 2. The van der Waals surface area contributed by atoms with E-state index in [2.05, 4.69) is 4.98 Å². The standard InChI is InChI=1S/C17H17N3O2S/c21-15-9-17(12-20(15)14-3-8-23-10-14)4-7-19(11-17)16(22)13-1-5-18-6-2-13/h1-3,5-6,8,10H,4,7,9,11-12H2/t17-/m0/s1. The summed E-state index contributed by atoms with van der Waals surface area (Å²) in [5.41, 5.74) is 1.55. The van der Waals surface area contributed by atoms with Crippen LogP contribution in [0.3, 0.4) is 0 Å². The molecule has 1 spiro atoms. The quantitative estimate of drug-likeness (QED) is 0.851. The minimum atomic E-state index is -0.0955. The van der Waals surface area contributed by atoms with Gasteiger partial charge in [0.2, 0.25) is 5.91 Å². The maximum atomic E-state index is 12.6. The van der Waals surface area contributed by atoms with E-state index in [1.807, 2.05) is 26.6 Å². The molecule has 2 aliphatic heterocycles. The average Bonchev–Trinajstić information content (AvgIpc) is 3.29. The van der Waals surface area contributed by atoms with Gasteiger partial charge in [-0.2, -0.15) is 11.3 Å². The zero-order chi connectivity index (χ0) is 15.9. The maximum Gasteiger partial charge on any atom is 0.253 e. The summed E-state index contributed by atoms with van der Waals surface area (Å²) in [6.07, 6.45) is 4.69. The van der Waals surface area contributed by atoms with Crippen molar-refractivity contribution in [3.05, 3.63) is 46.9 Å². The lowest BCUT2D eigenvalue weighted by atomic mass is 9.86. The second-order valence-corrected chi connectivity index (χ2v) is 7.13. The Hall–Kier alpha value is -2.21. The lowest BCUT2D eigenvalue weighted by Gasteiger charge is -2.23. The highest BCUT2D eigenvalue weighted by molar-refractivity contribution is 7.08. The number of hydrogen-bond donors (Lipinski definition) is 0. The summed E-state index contributed by atoms with van der Waals surface area (Å²) in [4.78, 5) is 32.7. The molecule has 2 fully saturated rings. The first-order valence-corrected chi connectivity index (χ1v) is 8.63. The van der Waals surface area contributed by atoms with E-state index in [1.165, 1.54) is 0 Å². The van der Waals surface area contributed by atoms with Crippen LogP contribution in [0.4, 0.5) is 5.69 Å². The topological polar surface area (TPSA) is 53.5 Å². The van der Waals surface area contributed by atoms with E-state index >= 15 is 0 Å². The molecular weight excluding hydrogens is 310 g/mol. The van der Waals surface area contributed by atoms with Crippen LogP contribution < -0.4 is 4.90 Å². The van der Waals surface area contributed by atoms with Gasteiger partial charge in [-0.05, 0) is 30.0 Å². The number of aromatic nitrogens is 1. The van der Waals surface area contributed by atoms with E-state index in [4.69, 9.17) is 0 Å². The van der Waals surface area contributed by atoms with Crippen LogP contribution in [0.25, 0.3) is 0 Å². The number of nitrogens with zero attached hydrogens (tertiary/aromatic N) is 3. The number of rotatable bonds is 2. The second kappa shape index (κ2) is 5.45. The summed E-state index contributed by atoms with van der Waals surface area (Å²) in [6.45, 7) is 2.08. The molecule has 23 heavy (non-hydrogen) atoms. The number of hydrogen-bond acceptors (Lipinski definition) is 4. The summed E-state index contributed by atoms with van der Waals surface area (Å²) < 4.78 is 0. The van der Waals surface area contributed by atoms with Crippen molar-refractivity contribution in [2.24, 2.45) is 5.41 Å². The van der Waals surface area contributed by atoms with Gasteiger partial charge < -0.3 is 9.80 Å². The molecule has 6 heteroatoms. The molecule has 2 aromatic rings. The smallest absolute Gasteiger partial charge is 0.253 e. The molecule has 5 nitrogen and oxygen atoms in total. The molecule has 118 valence electrons. The molecule has 0 aromatic carbocycles. The fraction of sp³-hybridized carbons (Fsp3) is 0.353. The van der Waals surface area contributed by atoms with Gasteiger partial charge in [0.1, 0.15) is 0 Å². The fourth-order valence-corrected chi connectivity index (χ4v) is 4.24. The highest BCUT2D eigenvalue weighted by Crippen LogP contribution is 2.42. The largest absolute Gasteiger partial charge is 0.338 e. The van der Waals surface area contributed by atoms with Crippen molar-refractivity contribution in [2.45, 2.75) is 12.8 Å². The fourth-order valence-electron chi connectivity index (χ4n) is 3.60. The van der Waals surface area contributed by atoms with E-state index < -0.39 is 0 Å². The molecular formula is C17H17N3O2S. The van der Waals surface area contributed by atoms with Crippen LogP contribution in [0.15, 0.2) is 41.4 Å². The third-order valence-electron chi connectivity index (χ3n) is 4.79. The van der Waals surface area contributed by atoms with Crippen molar-refractivity contribution in [1.82, 2.24) is 9.88 Å². The lowest BCUT2D eigenvalue weighted by Crippen LogP contribution is -2.34. The third-order valence-corrected chi connectivity index (χ3v) is 5.46. The molecule has 2 amide bonds. The Morgan fingerprint density at radius 2 is 2.04 bits per heavy atom. The normalized spacial score (nSPS) is 23.9. The number of anilines is 1. The predicted octanol–water partition coefficient (Wildman–Crippen LogP) is 2.41. The molecule has 0 aliphatic carbocycles. The zero-order valence-corrected chi connectivity index (χ0v) is 13.5. The van der Waals surface area contributed by atoms with E-state index in [0.29, 0.717) is 31.6 Å². The van der Waals surface area contributed by atoms with Gasteiger partial charge in [-0.25, -0.2) is 0 Å². The van der Waals surface area contributed by atoms with Gasteiger partial charge in [-0.1, -0.05) is 0 Å². The minimum Gasteiger partial charge on any atom is -0.338 e. The number of pyridine rings is 1. The van der Waals surface area contributed by atoms with Crippen LogP contribution in [0.5, 0.6) is 0 Å². The first-order chi connectivity index (χ1) is 11.2. The van der Waals surface area contributed by atoms with Gasteiger partial charge in [-0.15, -0.1) is 0 Å². The van der Waals surface area contributed by atoms with Crippen LogP contribution >= 0.6 is 11.3 Å². The zero-order valence-electron chi connectivity index (χ0n) is 12.6. The van der Waals surface area contributed by atoms with Crippen LogP contribution in [0, 0.1) is 5.41 Å². The number of thiophene rings is 1. The van der Waals surface area contributed by atoms with Gasteiger partial charge in [-0.3, -0.25) is 14.6 Å². The first-order valence-electron chi connectivity index (χ1n) is 7.69. The summed E-state index contributed by atoms with van der Waals surface area (Å²) in [7, 11) is 0. The second-order valence-electron chi connectivity index (χ2n) is 6.35. The Kier molecular flexibility index (Phi) is 3.41. The van der Waals surface area contributed by atoms with Crippen molar-refractivity contribution in [1.29, 1.82) is 0 Å². The van der Waals surface area contributed by atoms with Crippen molar-refractivity contribution in [3.63, 3.8) is 0 Å².